The van der Waals surface area contributed by atoms with E-state index in [1.165, 1.54) is 18.1 Å². The molecule has 118 valence electrons. The van der Waals surface area contributed by atoms with Crippen LogP contribution >= 0.6 is 0 Å². The van der Waals surface area contributed by atoms with E-state index in [1.807, 2.05) is 18.2 Å². The molecular formula is C16H17N5O2. The first-order valence-electron chi connectivity index (χ1n) is 7.26. The second-order valence-electron chi connectivity index (χ2n) is 5.14. The van der Waals surface area contributed by atoms with Gasteiger partial charge < -0.3 is 11.1 Å². The van der Waals surface area contributed by atoms with Crippen molar-refractivity contribution in [3.8, 4) is 0 Å². The fraction of sp³-hybridized carbons (Fsp3) is 0.188. The maximum atomic E-state index is 12.2. The number of nitrogen functional groups attached to an aromatic ring is 1. The number of hydrogen-bond donors (Lipinski definition) is 3. The van der Waals surface area contributed by atoms with Crippen molar-refractivity contribution < 1.29 is 9.63 Å². The molecule has 23 heavy (non-hydrogen) atoms. The quantitative estimate of drug-likeness (QED) is 0.772. The van der Waals surface area contributed by atoms with Crippen LogP contribution in [0.2, 0.25) is 0 Å². The van der Waals surface area contributed by atoms with E-state index in [4.69, 9.17) is 10.6 Å². The first-order valence-corrected chi connectivity index (χ1v) is 7.26. The average Bonchev–Trinajstić information content (AvgIpc) is 3.05. The van der Waals surface area contributed by atoms with E-state index >= 15 is 0 Å². The second-order valence-corrected chi connectivity index (χ2v) is 5.14. The number of nitrogens with zero attached hydrogens (tertiary/aromatic N) is 2. The van der Waals surface area contributed by atoms with E-state index in [2.05, 4.69) is 32.9 Å². The Morgan fingerprint density at radius 2 is 2.17 bits per heavy atom. The molecule has 2 heterocycles. The number of nitrogens with one attached hydrogen (secondary N) is 2. The minimum Gasteiger partial charge on any atom is -0.382 e. The Hall–Kier alpha value is -2.93. The lowest BCUT2D eigenvalue weighted by atomic mass is 10.1. The third kappa shape index (κ3) is 3.83. The number of benzene rings is 1. The highest BCUT2D eigenvalue weighted by Crippen LogP contribution is 2.17. The number of aryl methyl sites for hydroxylation is 1. The fourth-order valence-corrected chi connectivity index (χ4v) is 2.24. The van der Waals surface area contributed by atoms with Gasteiger partial charge in [-0.15, -0.1) is 0 Å². The summed E-state index contributed by atoms with van der Waals surface area (Å²) in [6.07, 6.45) is 6.03. The zero-order valence-electron chi connectivity index (χ0n) is 12.4. The molecule has 3 rings (SSSR count). The maximum absolute atomic E-state index is 12.2. The molecule has 1 aromatic heterocycles. The number of carbonyl (C=O) groups excluding carboxylic acids is 1. The first-order chi connectivity index (χ1) is 11.2. The van der Waals surface area contributed by atoms with Crippen molar-refractivity contribution in [3.05, 3.63) is 60.2 Å². The number of hydroxylamine groups is 1. The summed E-state index contributed by atoms with van der Waals surface area (Å²) in [6.45, 7) is 0. The third-order valence-corrected chi connectivity index (χ3v) is 3.47. The molecule has 0 saturated heterocycles. The van der Waals surface area contributed by atoms with Gasteiger partial charge in [-0.1, -0.05) is 30.3 Å². The van der Waals surface area contributed by atoms with Gasteiger partial charge in [0.15, 0.2) is 5.82 Å². The average molecular weight is 311 g/mol. The molecule has 1 aromatic carbocycles. The van der Waals surface area contributed by atoms with Crippen molar-refractivity contribution in [1.29, 1.82) is 0 Å². The molecule has 0 aliphatic carbocycles. The standard InChI is InChI=1S/C16H17N5O2/c17-15-14(9-18-10-19-15)20-16(22)13-8-12(23-21-13)7-6-11-4-2-1-3-5-11/h1-5,8-10,12,21H,6-7H2,(H,20,22)(H2,17,18,19). The third-order valence-electron chi connectivity index (χ3n) is 3.47. The molecule has 2 aromatic rings. The van der Waals surface area contributed by atoms with Gasteiger partial charge in [0.25, 0.3) is 5.91 Å². The zero-order valence-corrected chi connectivity index (χ0v) is 12.4. The largest absolute Gasteiger partial charge is 0.382 e. The molecule has 7 heteroatoms. The Balaban J connectivity index is 1.56. The monoisotopic (exact) mass is 311 g/mol. The van der Waals surface area contributed by atoms with E-state index in [-0.39, 0.29) is 17.8 Å². The molecule has 0 bridgehead atoms. The number of anilines is 2. The summed E-state index contributed by atoms with van der Waals surface area (Å²) < 4.78 is 0. The molecule has 0 fully saturated rings. The summed E-state index contributed by atoms with van der Waals surface area (Å²) in [5.74, 6) is -0.123. The fourth-order valence-electron chi connectivity index (χ4n) is 2.24. The number of aromatic nitrogens is 2. The van der Waals surface area contributed by atoms with Crippen molar-refractivity contribution in [3.63, 3.8) is 0 Å². The number of amides is 1. The van der Waals surface area contributed by atoms with Crippen LogP contribution in [-0.2, 0) is 16.1 Å². The van der Waals surface area contributed by atoms with Gasteiger partial charge in [0, 0.05) is 0 Å². The van der Waals surface area contributed by atoms with Gasteiger partial charge in [-0.05, 0) is 24.5 Å². The summed E-state index contributed by atoms with van der Waals surface area (Å²) in [5, 5.41) is 2.65. The van der Waals surface area contributed by atoms with Gasteiger partial charge in [0.1, 0.15) is 23.8 Å². The summed E-state index contributed by atoms with van der Waals surface area (Å²) in [4.78, 5) is 25.2. The van der Waals surface area contributed by atoms with E-state index < -0.39 is 0 Å². The molecule has 0 spiro atoms. The summed E-state index contributed by atoms with van der Waals surface area (Å²) in [7, 11) is 0. The molecular weight excluding hydrogens is 294 g/mol. The highest BCUT2D eigenvalue weighted by Gasteiger charge is 2.22. The van der Waals surface area contributed by atoms with Crippen LogP contribution in [0.5, 0.6) is 0 Å². The predicted octanol–water partition coefficient (Wildman–Crippen LogP) is 1.42. The van der Waals surface area contributed by atoms with Crippen LogP contribution in [0.1, 0.15) is 12.0 Å². The van der Waals surface area contributed by atoms with Gasteiger partial charge in [0.2, 0.25) is 0 Å². The predicted molar refractivity (Wildman–Crippen MR) is 85.9 cm³/mol. The Morgan fingerprint density at radius 3 is 2.96 bits per heavy atom. The van der Waals surface area contributed by atoms with Crippen LogP contribution < -0.4 is 16.5 Å². The van der Waals surface area contributed by atoms with E-state index in [0.717, 1.165) is 12.8 Å². The molecule has 1 unspecified atom stereocenters. The first kappa shape index (κ1) is 15.0. The molecule has 1 aliphatic heterocycles. The molecule has 1 aliphatic rings. The lowest BCUT2D eigenvalue weighted by Crippen LogP contribution is -2.23. The molecule has 1 atom stereocenters. The molecule has 0 saturated carbocycles. The molecule has 0 radical (unpaired) electrons. The maximum Gasteiger partial charge on any atom is 0.273 e. The van der Waals surface area contributed by atoms with Crippen LogP contribution in [0.25, 0.3) is 0 Å². The van der Waals surface area contributed by atoms with Gasteiger partial charge in [-0.2, -0.15) is 0 Å². The second kappa shape index (κ2) is 6.89. The Labute approximate surface area is 133 Å². The Morgan fingerprint density at radius 1 is 1.35 bits per heavy atom. The molecule has 1 amide bonds. The SMILES string of the molecule is Nc1ncncc1NC(=O)C1=CC(CCc2ccccc2)ON1. The van der Waals surface area contributed by atoms with Gasteiger partial charge in [-0.25, -0.2) is 9.97 Å². The van der Waals surface area contributed by atoms with Gasteiger partial charge in [0.05, 0.1) is 6.20 Å². The number of rotatable bonds is 5. The number of carbonyl (C=O) groups is 1. The van der Waals surface area contributed by atoms with Crippen molar-refractivity contribution in [2.75, 3.05) is 11.1 Å². The van der Waals surface area contributed by atoms with Crippen molar-refractivity contribution in [2.45, 2.75) is 18.9 Å². The Bertz CT molecular complexity index is 717. The highest BCUT2D eigenvalue weighted by atomic mass is 16.7. The van der Waals surface area contributed by atoms with E-state index in [1.54, 1.807) is 6.08 Å². The van der Waals surface area contributed by atoms with Crippen LogP contribution in [0.3, 0.4) is 0 Å². The van der Waals surface area contributed by atoms with Gasteiger partial charge in [-0.3, -0.25) is 15.1 Å². The lowest BCUT2D eigenvalue weighted by molar-refractivity contribution is -0.114. The Kier molecular flexibility index (Phi) is 4.49. The topological polar surface area (TPSA) is 102 Å². The zero-order chi connectivity index (χ0) is 16.1. The molecule has 7 nitrogen and oxygen atoms in total. The minimum atomic E-state index is -0.339. The van der Waals surface area contributed by atoms with Gasteiger partial charge >= 0.3 is 0 Å². The number of hydrogen-bond acceptors (Lipinski definition) is 6. The van der Waals surface area contributed by atoms with Crippen molar-refractivity contribution in [1.82, 2.24) is 15.4 Å². The van der Waals surface area contributed by atoms with Crippen LogP contribution in [0, 0.1) is 0 Å². The summed E-state index contributed by atoms with van der Waals surface area (Å²) in [5.41, 5.74) is 10.3. The minimum absolute atomic E-state index is 0.152. The van der Waals surface area contributed by atoms with Crippen molar-refractivity contribution >= 4 is 17.4 Å². The highest BCUT2D eigenvalue weighted by molar-refractivity contribution is 6.04. The van der Waals surface area contributed by atoms with Crippen LogP contribution in [0.4, 0.5) is 11.5 Å². The van der Waals surface area contributed by atoms with E-state index in [0.29, 0.717) is 11.4 Å². The van der Waals surface area contributed by atoms with Crippen molar-refractivity contribution in [2.24, 2.45) is 0 Å². The molecule has 4 N–H and O–H groups in total. The smallest absolute Gasteiger partial charge is 0.273 e. The van der Waals surface area contributed by atoms with E-state index in [9.17, 15) is 4.79 Å². The summed E-state index contributed by atoms with van der Waals surface area (Å²) in [6, 6.07) is 10.1. The lowest BCUT2D eigenvalue weighted by Gasteiger charge is -2.07. The summed E-state index contributed by atoms with van der Waals surface area (Å²) >= 11 is 0. The van der Waals surface area contributed by atoms with Crippen LogP contribution in [0.15, 0.2) is 54.6 Å². The van der Waals surface area contributed by atoms with Crippen LogP contribution in [-0.4, -0.2) is 22.0 Å². The normalized spacial score (nSPS) is 16.5. The number of nitrogens with two attached hydrogens (primary N) is 1.